The molecule has 7 heteroatoms. The van der Waals surface area contributed by atoms with Crippen molar-refractivity contribution in [3.05, 3.63) is 15.8 Å². The van der Waals surface area contributed by atoms with Gasteiger partial charge in [-0.25, -0.2) is 13.1 Å². The number of nitrogens with one attached hydrogen (secondary N) is 2. The third-order valence-corrected chi connectivity index (χ3v) is 6.27. The van der Waals surface area contributed by atoms with Crippen LogP contribution in [0.1, 0.15) is 35.9 Å². The quantitative estimate of drug-likeness (QED) is 0.801. The lowest BCUT2D eigenvalue weighted by atomic mass is 10.1. The van der Waals surface area contributed by atoms with E-state index in [9.17, 15) is 8.42 Å². The molecule has 0 amide bonds. The van der Waals surface area contributed by atoms with Crippen molar-refractivity contribution in [3.63, 3.8) is 0 Å². The molecule has 1 aromatic heterocycles. The first-order valence-electron chi connectivity index (χ1n) is 7.44. The van der Waals surface area contributed by atoms with Gasteiger partial charge < -0.3 is 10.1 Å². The maximum atomic E-state index is 12.4. The lowest BCUT2D eigenvalue weighted by molar-refractivity contribution is 0.0200. The highest BCUT2D eigenvalue weighted by Gasteiger charge is 2.22. The van der Waals surface area contributed by atoms with Gasteiger partial charge in [-0.05, 0) is 38.8 Å². The van der Waals surface area contributed by atoms with Crippen LogP contribution in [0.25, 0.3) is 0 Å². The molecular formula is C14H24N2O3S2. The van der Waals surface area contributed by atoms with Gasteiger partial charge in [0.1, 0.15) is 0 Å². The number of sulfonamides is 1. The monoisotopic (exact) mass is 332 g/mol. The van der Waals surface area contributed by atoms with E-state index in [1.165, 1.54) is 11.3 Å². The molecule has 120 valence electrons. The topological polar surface area (TPSA) is 67.4 Å². The SMILES string of the molecule is CCNCc1cc(S(=O)(=O)NCC2CCCCO2)c(C)s1. The van der Waals surface area contributed by atoms with E-state index >= 15 is 0 Å². The predicted octanol–water partition coefficient (Wildman–Crippen LogP) is 2.01. The van der Waals surface area contributed by atoms with E-state index in [1.807, 2.05) is 13.8 Å². The summed E-state index contributed by atoms with van der Waals surface area (Å²) in [5, 5.41) is 3.22. The Morgan fingerprint density at radius 3 is 2.90 bits per heavy atom. The summed E-state index contributed by atoms with van der Waals surface area (Å²) in [6.07, 6.45) is 3.11. The van der Waals surface area contributed by atoms with E-state index in [0.717, 1.165) is 42.2 Å². The van der Waals surface area contributed by atoms with E-state index in [2.05, 4.69) is 10.0 Å². The van der Waals surface area contributed by atoms with Crippen molar-refractivity contribution >= 4 is 21.4 Å². The molecule has 0 saturated carbocycles. The van der Waals surface area contributed by atoms with Gasteiger partial charge in [-0.1, -0.05) is 6.92 Å². The summed E-state index contributed by atoms with van der Waals surface area (Å²) < 4.78 is 33.1. The summed E-state index contributed by atoms with van der Waals surface area (Å²) in [6, 6.07) is 1.77. The van der Waals surface area contributed by atoms with Crippen molar-refractivity contribution in [2.45, 2.75) is 50.7 Å². The second-order valence-corrected chi connectivity index (χ2v) is 8.33. The van der Waals surface area contributed by atoms with E-state index < -0.39 is 10.0 Å². The fourth-order valence-electron chi connectivity index (χ4n) is 2.38. The largest absolute Gasteiger partial charge is 0.377 e. The molecule has 1 aliphatic rings. The van der Waals surface area contributed by atoms with Crippen molar-refractivity contribution in [1.29, 1.82) is 0 Å². The maximum absolute atomic E-state index is 12.4. The Labute approximate surface area is 131 Å². The zero-order valence-corrected chi connectivity index (χ0v) is 14.3. The zero-order chi connectivity index (χ0) is 15.3. The molecule has 1 aliphatic heterocycles. The first-order valence-corrected chi connectivity index (χ1v) is 9.74. The number of thiophene rings is 1. The molecule has 2 rings (SSSR count). The van der Waals surface area contributed by atoms with E-state index in [1.54, 1.807) is 6.07 Å². The van der Waals surface area contributed by atoms with Crippen molar-refractivity contribution in [3.8, 4) is 0 Å². The Hall–Kier alpha value is -0.470. The Balaban J connectivity index is 1.99. The minimum Gasteiger partial charge on any atom is -0.377 e. The summed E-state index contributed by atoms with van der Waals surface area (Å²) >= 11 is 1.53. The lowest BCUT2D eigenvalue weighted by Crippen LogP contribution is -2.35. The first kappa shape index (κ1) is 16.9. The second kappa shape index (κ2) is 7.69. The van der Waals surface area contributed by atoms with Crippen LogP contribution < -0.4 is 10.0 Å². The highest BCUT2D eigenvalue weighted by molar-refractivity contribution is 7.89. The second-order valence-electron chi connectivity index (χ2n) is 5.25. The highest BCUT2D eigenvalue weighted by atomic mass is 32.2. The predicted molar refractivity (Wildman–Crippen MR) is 85.2 cm³/mol. The smallest absolute Gasteiger partial charge is 0.241 e. The standard InChI is InChI=1S/C14H24N2O3S2/c1-3-15-10-13-8-14(11(2)20-13)21(17,18)16-9-12-6-4-5-7-19-12/h8,12,15-16H,3-7,9-10H2,1-2H3. The summed E-state index contributed by atoms with van der Waals surface area (Å²) in [5.41, 5.74) is 0. The fourth-order valence-corrected chi connectivity index (χ4v) is 5.04. The van der Waals surface area contributed by atoms with Gasteiger partial charge in [0, 0.05) is 29.5 Å². The molecule has 1 fully saturated rings. The van der Waals surface area contributed by atoms with E-state index in [0.29, 0.717) is 18.0 Å². The molecule has 2 heterocycles. The van der Waals surface area contributed by atoms with E-state index in [4.69, 9.17) is 4.74 Å². The van der Waals surface area contributed by atoms with Crippen LogP contribution in [0.15, 0.2) is 11.0 Å². The first-order chi connectivity index (χ1) is 10.0. The molecule has 0 spiro atoms. The molecule has 1 atom stereocenters. The van der Waals surface area contributed by atoms with Crippen LogP contribution in [-0.4, -0.2) is 34.2 Å². The number of aryl methyl sites for hydroxylation is 1. The van der Waals surface area contributed by atoms with Crippen LogP contribution in [-0.2, 0) is 21.3 Å². The summed E-state index contributed by atoms with van der Waals surface area (Å²) in [4.78, 5) is 2.28. The molecule has 5 nitrogen and oxygen atoms in total. The fraction of sp³-hybridized carbons (Fsp3) is 0.714. The van der Waals surface area contributed by atoms with Crippen molar-refractivity contribution in [2.24, 2.45) is 0 Å². The maximum Gasteiger partial charge on any atom is 0.241 e. The molecule has 0 aliphatic carbocycles. The minimum atomic E-state index is -3.44. The summed E-state index contributed by atoms with van der Waals surface area (Å²) in [5.74, 6) is 0. The number of hydrogen-bond donors (Lipinski definition) is 2. The Morgan fingerprint density at radius 1 is 1.43 bits per heavy atom. The lowest BCUT2D eigenvalue weighted by Gasteiger charge is -2.22. The van der Waals surface area contributed by atoms with Gasteiger partial charge >= 0.3 is 0 Å². The summed E-state index contributed by atoms with van der Waals surface area (Å²) in [7, 11) is -3.44. The molecule has 0 bridgehead atoms. The van der Waals surface area contributed by atoms with Gasteiger partial charge in [-0.3, -0.25) is 0 Å². The summed E-state index contributed by atoms with van der Waals surface area (Å²) in [6.45, 7) is 6.56. The van der Waals surface area contributed by atoms with Gasteiger partial charge in [0.05, 0.1) is 11.0 Å². The highest BCUT2D eigenvalue weighted by Crippen LogP contribution is 2.25. The molecule has 1 aromatic rings. The Kier molecular flexibility index (Phi) is 6.19. The molecule has 2 N–H and O–H groups in total. The van der Waals surface area contributed by atoms with Gasteiger partial charge in [0.25, 0.3) is 0 Å². The van der Waals surface area contributed by atoms with Gasteiger partial charge in [-0.15, -0.1) is 11.3 Å². The molecule has 21 heavy (non-hydrogen) atoms. The third-order valence-electron chi connectivity index (χ3n) is 3.54. The molecular weight excluding hydrogens is 308 g/mol. The minimum absolute atomic E-state index is 0.00805. The van der Waals surface area contributed by atoms with Gasteiger partial charge in [0.15, 0.2) is 0 Å². The van der Waals surface area contributed by atoms with Gasteiger partial charge in [-0.2, -0.15) is 0 Å². The average Bonchev–Trinajstić information content (AvgIpc) is 2.86. The normalized spacial score (nSPS) is 19.8. The molecule has 0 radical (unpaired) electrons. The van der Waals surface area contributed by atoms with Crippen LogP contribution in [0.3, 0.4) is 0 Å². The Morgan fingerprint density at radius 2 is 2.24 bits per heavy atom. The van der Waals surface area contributed by atoms with Crippen LogP contribution in [0.5, 0.6) is 0 Å². The molecule has 0 aromatic carbocycles. The number of rotatable bonds is 7. The Bertz CT molecular complexity index is 549. The van der Waals surface area contributed by atoms with Crippen molar-refractivity contribution < 1.29 is 13.2 Å². The van der Waals surface area contributed by atoms with Crippen molar-refractivity contribution in [2.75, 3.05) is 19.7 Å². The van der Waals surface area contributed by atoms with Gasteiger partial charge in [0.2, 0.25) is 10.0 Å². The average molecular weight is 332 g/mol. The molecule has 1 unspecified atom stereocenters. The van der Waals surface area contributed by atoms with Crippen LogP contribution >= 0.6 is 11.3 Å². The number of hydrogen-bond acceptors (Lipinski definition) is 5. The van der Waals surface area contributed by atoms with Crippen LogP contribution in [0, 0.1) is 6.92 Å². The zero-order valence-electron chi connectivity index (χ0n) is 12.6. The van der Waals surface area contributed by atoms with E-state index in [-0.39, 0.29) is 6.10 Å². The third kappa shape index (κ3) is 4.75. The van der Waals surface area contributed by atoms with Crippen LogP contribution in [0.2, 0.25) is 0 Å². The molecule has 1 saturated heterocycles. The van der Waals surface area contributed by atoms with Crippen LogP contribution in [0.4, 0.5) is 0 Å². The van der Waals surface area contributed by atoms with Crippen molar-refractivity contribution in [1.82, 2.24) is 10.0 Å². The number of ether oxygens (including phenoxy) is 1.